The lowest BCUT2D eigenvalue weighted by Crippen LogP contribution is -2.42. The van der Waals surface area contributed by atoms with Gasteiger partial charge < -0.3 is 27.7 Å². The van der Waals surface area contributed by atoms with E-state index in [0.717, 1.165) is 6.26 Å². The number of esters is 3. The molecule has 11 heteroatoms. The molecule has 1 rings (SSSR count). The van der Waals surface area contributed by atoms with Crippen molar-refractivity contribution in [2.75, 3.05) is 33.0 Å². The summed E-state index contributed by atoms with van der Waals surface area (Å²) >= 11 is 0. The molecule has 0 saturated carbocycles. The Bertz CT molecular complexity index is 761. The van der Waals surface area contributed by atoms with Crippen LogP contribution in [0.4, 0.5) is 0 Å². The molecule has 0 spiro atoms. The summed E-state index contributed by atoms with van der Waals surface area (Å²) in [4.78, 5) is 38.2. The molecular formula is C19H29O10P. The number of carbonyl (C=O) groups is 3. The zero-order chi connectivity index (χ0) is 22.8. The van der Waals surface area contributed by atoms with Gasteiger partial charge in [-0.3, -0.25) is 14.2 Å². The number of carbonyl (C=O) groups excluding carboxylic acids is 3. The summed E-state index contributed by atoms with van der Waals surface area (Å²) in [7, 11) is -4.48. The first kappa shape index (κ1) is 25.9. The smallest absolute Gasteiger partial charge is 0.356 e. The van der Waals surface area contributed by atoms with Crippen molar-refractivity contribution in [2.45, 2.75) is 46.2 Å². The fourth-order valence-electron chi connectivity index (χ4n) is 2.85. The third-order valence-corrected chi connectivity index (χ3v) is 6.60. The van der Waals surface area contributed by atoms with Crippen molar-refractivity contribution in [3.63, 3.8) is 0 Å². The quantitative estimate of drug-likeness (QED) is 0.251. The van der Waals surface area contributed by atoms with E-state index in [9.17, 15) is 18.9 Å². The van der Waals surface area contributed by atoms with Gasteiger partial charge in [-0.1, -0.05) is 0 Å². The van der Waals surface area contributed by atoms with Gasteiger partial charge in [-0.15, -0.1) is 0 Å². The predicted molar refractivity (Wildman–Crippen MR) is 105 cm³/mol. The average molecular weight is 448 g/mol. The molecule has 0 fully saturated rings. The van der Waals surface area contributed by atoms with E-state index >= 15 is 0 Å². The monoisotopic (exact) mass is 448 g/mol. The first-order valence-electron chi connectivity index (χ1n) is 9.74. The van der Waals surface area contributed by atoms with E-state index < -0.39 is 42.8 Å². The van der Waals surface area contributed by atoms with Crippen LogP contribution in [0.5, 0.6) is 0 Å². The first-order valence-corrected chi connectivity index (χ1v) is 11.3. The SMILES string of the molecule is CCOC(=O)CC(C(=O)OCC)(c1occc1C(=O)OCC)P(=O)(OCC)OCC. The van der Waals surface area contributed by atoms with Crippen LogP contribution in [0.15, 0.2) is 16.7 Å². The minimum Gasteiger partial charge on any atom is -0.466 e. The Morgan fingerprint density at radius 3 is 1.97 bits per heavy atom. The van der Waals surface area contributed by atoms with Crippen LogP contribution in [0.3, 0.4) is 0 Å². The van der Waals surface area contributed by atoms with Gasteiger partial charge in [-0.25, -0.2) is 4.79 Å². The van der Waals surface area contributed by atoms with Gasteiger partial charge in [0.15, 0.2) is 0 Å². The van der Waals surface area contributed by atoms with E-state index in [1.54, 1.807) is 27.7 Å². The summed E-state index contributed by atoms with van der Waals surface area (Å²) in [6, 6.07) is 1.24. The third-order valence-electron chi connectivity index (χ3n) is 3.92. The Labute approximate surface area is 175 Å². The second-order valence-electron chi connectivity index (χ2n) is 5.78. The molecule has 1 unspecified atom stereocenters. The largest absolute Gasteiger partial charge is 0.466 e. The lowest BCUT2D eigenvalue weighted by molar-refractivity contribution is -0.155. The van der Waals surface area contributed by atoms with E-state index in [2.05, 4.69) is 0 Å². The fourth-order valence-corrected chi connectivity index (χ4v) is 5.07. The zero-order valence-corrected chi connectivity index (χ0v) is 18.8. The molecule has 1 heterocycles. The number of ether oxygens (including phenoxy) is 3. The van der Waals surface area contributed by atoms with Crippen LogP contribution in [-0.2, 0) is 42.6 Å². The maximum absolute atomic E-state index is 14.0. The number of furan rings is 1. The number of rotatable bonds is 13. The predicted octanol–water partition coefficient (Wildman–Crippen LogP) is 3.43. The summed E-state index contributed by atoms with van der Waals surface area (Å²) in [5, 5.41) is -2.41. The van der Waals surface area contributed by atoms with E-state index in [0.29, 0.717) is 0 Å². The highest BCUT2D eigenvalue weighted by Crippen LogP contribution is 2.67. The lowest BCUT2D eigenvalue weighted by Gasteiger charge is -2.34. The number of hydrogen-bond donors (Lipinski definition) is 0. The summed E-state index contributed by atoms with van der Waals surface area (Å²) in [6.45, 7) is 7.52. The van der Waals surface area contributed by atoms with Crippen molar-refractivity contribution in [1.29, 1.82) is 0 Å². The standard InChI is InChI=1S/C19H29O10P/c1-6-24-15(20)13-19(18(22)26-8-3,30(23,28-9-4)29-10-5)16-14(11-12-27-16)17(21)25-7-2/h11-12H,6-10,13H2,1-5H3. The molecule has 170 valence electrons. The van der Waals surface area contributed by atoms with Crippen LogP contribution in [0, 0.1) is 0 Å². The van der Waals surface area contributed by atoms with Crippen LogP contribution in [-0.4, -0.2) is 50.9 Å². The molecule has 0 aliphatic carbocycles. The van der Waals surface area contributed by atoms with Crippen molar-refractivity contribution in [2.24, 2.45) is 0 Å². The Morgan fingerprint density at radius 2 is 1.47 bits per heavy atom. The molecule has 0 bridgehead atoms. The summed E-state index contributed by atoms with van der Waals surface area (Å²) < 4.78 is 45.4. The highest BCUT2D eigenvalue weighted by molar-refractivity contribution is 7.56. The molecule has 0 aliphatic heterocycles. The van der Waals surface area contributed by atoms with Gasteiger partial charge in [0.25, 0.3) is 0 Å². The molecule has 0 aliphatic rings. The molecule has 30 heavy (non-hydrogen) atoms. The Kier molecular flexibility index (Phi) is 10.2. The van der Waals surface area contributed by atoms with Crippen LogP contribution in [0.2, 0.25) is 0 Å². The minimum absolute atomic E-state index is 0.00813. The van der Waals surface area contributed by atoms with Gasteiger partial charge >= 0.3 is 25.5 Å². The second-order valence-corrected chi connectivity index (χ2v) is 8.05. The second kappa shape index (κ2) is 11.9. The molecule has 0 aromatic carbocycles. The molecule has 0 N–H and O–H groups in total. The molecule has 1 atom stereocenters. The highest BCUT2D eigenvalue weighted by atomic mass is 31.2. The number of hydrogen-bond acceptors (Lipinski definition) is 10. The molecular weight excluding hydrogens is 419 g/mol. The average Bonchev–Trinajstić information content (AvgIpc) is 3.17. The Morgan fingerprint density at radius 1 is 0.900 bits per heavy atom. The van der Waals surface area contributed by atoms with Crippen molar-refractivity contribution in [1.82, 2.24) is 0 Å². The normalized spacial score (nSPS) is 13.4. The molecule has 0 saturated heterocycles. The Hall–Kier alpha value is -2.16. The van der Waals surface area contributed by atoms with Crippen molar-refractivity contribution in [3.8, 4) is 0 Å². The zero-order valence-electron chi connectivity index (χ0n) is 17.9. The minimum atomic E-state index is -4.48. The van der Waals surface area contributed by atoms with Gasteiger partial charge in [0.1, 0.15) is 11.3 Å². The highest BCUT2D eigenvalue weighted by Gasteiger charge is 2.64. The molecule has 1 aromatic heterocycles. The fraction of sp³-hybridized carbons (Fsp3) is 0.632. The Balaban J connectivity index is 3.89. The molecule has 0 radical (unpaired) electrons. The van der Waals surface area contributed by atoms with Gasteiger partial charge in [0, 0.05) is 0 Å². The van der Waals surface area contributed by atoms with Crippen LogP contribution in [0.1, 0.15) is 57.2 Å². The van der Waals surface area contributed by atoms with Gasteiger partial charge in [-0.2, -0.15) is 0 Å². The first-order chi connectivity index (χ1) is 14.3. The van der Waals surface area contributed by atoms with Crippen molar-refractivity contribution in [3.05, 3.63) is 23.7 Å². The van der Waals surface area contributed by atoms with Crippen LogP contribution < -0.4 is 0 Å². The van der Waals surface area contributed by atoms with Crippen molar-refractivity contribution >= 4 is 25.5 Å². The van der Waals surface area contributed by atoms with Crippen LogP contribution in [0.25, 0.3) is 0 Å². The maximum Gasteiger partial charge on any atom is 0.356 e. The van der Waals surface area contributed by atoms with Crippen LogP contribution >= 0.6 is 7.60 Å². The van der Waals surface area contributed by atoms with Gasteiger partial charge in [0.05, 0.1) is 45.7 Å². The molecule has 1 aromatic rings. The maximum atomic E-state index is 14.0. The third kappa shape index (κ3) is 5.30. The van der Waals surface area contributed by atoms with E-state index in [1.807, 2.05) is 0 Å². The lowest BCUT2D eigenvalue weighted by atomic mass is 9.97. The topological polar surface area (TPSA) is 128 Å². The van der Waals surface area contributed by atoms with E-state index in [1.165, 1.54) is 13.0 Å². The van der Waals surface area contributed by atoms with Gasteiger partial charge in [-0.05, 0) is 40.7 Å². The summed E-state index contributed by atoms with van der Waals surface area (Å²) in [5.74, 6) is -3.23. The summed E-state index contributed by atoms with van der Waals surface area (Å²) in [5.41, 5.74) is -0.200. The molecule has 0 amide bonds. The van der Waals surface area contributed by atoms with Gasteiger partial charge in [0.2, 0.25) is 5.16 Å². The summed E-state index contributed by atoms with van der Waals surface area (Å²) in [6.07, 6.45) is 0.319. The van der Waals surface area contributed by atoms with Crippen molar-refractivity contribution < 1.29 is 46.6 Å². The van der Waals surface area contributed by atoms with E-state index in [4.69, 9.17) is 27.7 Å². The van der Waals surface area contributed by atoms with E-state index in [-0.39, 0.29) is 38.6 Å². The molecule has 10 nitrogen and oxygen atoms in total.